The summed E-state index contributed by atoms with van der Waals surface area (Å²) in [6.45, 7) is 7.47. The first-order valence-electron chi connectivity index (χ1n) is 9.58. The molecule has 1 aromatic carbocycles. The average Bonchev–Trinajstić information content (AvgIpc) is 2.94. The summed E-state index contributed by atoms with van der Waals surface area (Å²) in [6, 6.07) is 8.03. The molecule has 1 aromatic heterocycles. The molecule has 0 spiro atoms. The quantitative estimate of drug-likeness (QED) is 0.715. The van der Waals surface area contributed by atoms with Gasteiger partial charge in [-0.25, -0.2) is 9.48 Å². The molecule has 1 aliphatic rings. The summed E-state index contributed by atoms with van der Waals surface area (Å²) in [6.07, 6.45) is 2.11. The normalized spacial score (nSPS) is 16.9. The molecule has 7 heteroatoms. The van der Waals surface area contributed by atoms with Crippen molar-refractivity contribution < 1.29 is 14.3 Å². The van der Waals surface area contributed by atoms with Gasteiger partial charge in [0.05, 0.1) is 12.2 Å². The molecule has 3 rings (SSSR count). The SMILES string of the molecule is Cc1ccc(Cn2nc(C)c(C(=O)OCC(=O)N3CCC[C@H](C)C3)c2Cl)cc1. The van der Waals surface area contributed by atoms with E-state index >= 15 is 0 Å². The van der Waals surface area contributed by atoms with Gasteiger partial charge >= 0.3 is 5.97 Å². The Kier molecular flexibility index (Phi) is 6.39. The second-order valence-corrected chi connectivity index (χ2v) is 7.92. The number of likely N-dealkylation sites (tertiary alicyclic amines) is 1. The fourth-order valence-electron chi connectivity index (χ4n) is 3.46. The second-order valence-electron chi connectivity index (χ2n) is 7.56. The van der Waals surface area contributed by atoms with Gasteiger partial charge in [0, 0.05) is 13.1 Å². The lowest BCUT2D eigenvalue weighted by atomic mass is 10.0. The van der Waals surface area contributed by atoms with Crippen LogP contribution in [0.15, 0.2) is 24.3 Å². The molecule has 0 aliphatic carbocycles. The Bertz CT molecular complexity index is 861. The summed E-state index contributed by atoms with van der Waals surface area (Å²) in [5.41, 5.74) is 2.91. The number of rotatable bonds is 5. The first-order valence-corrected chi connectivity index (χ1v) is 9.96. The number of aromatic nitrogens is 2. The van der Waals surface area contributed by atoms with E-state index in [2.05, 4.69) is 12.0 Å². The standard InChI is InChI=1S/C21H26ClN3O3/c1-14-6-8-17(9-7-14)12-25-20(22)19(16(3)23-25)21(27)28-13-18(26)24-10-4-5-15(2)11-24/h6-9,15H,4-5,10-13H2,1-3H3/t15-/m0/s1. The molecule has 150 valence electrons. The Balaban J connectivity index is 1.64. The van der Waals surface area contributed by atoms with Gasteiger partial charge in [0.15, 0.2) is 6.61 Å². The number of piperidine rings is 1. The number of benzene rings is 1. The van der Waals surface area contributed by atoms with Crippen molar-refractivity contribution in [2.24, 2.45) is 5.92 Å². The topological polar surface area (TPSA) is 64.4 Å². The summed E-state index contributed by atoms with van der Waals surface area (Å²) in [4.78, 5) is 26.6. The van der Waals surface area contributed by atoms with Crippen LogP contribution in [0.2, 0.25) is 5.15 Å². The molecule has 1 fully saturated rings. The zero-order valence-electron chi connectivity index (χ0n) is 16.6. The molecule has 0 unspecified atom stereocenters. The third-order valence-electron chi connectivity index (χ3n) is 5.06. The number of amides is 1. The third-order valence-corrected chi connectivity index (χ3v) is 5.44. The maximum atomic E-state index is 12.5. The van der Waals surface area contributed by atoms with Gasteiger partial charge < -0.3 is 9.64 Å². The van der Waals surface area contributed by atoms with Gasteiger partial charge in [-0.1, -0.05) is 48.4 Å². The molecular formula is C21H26ClN3O3. The monoisotopic (exact) mass is 403 g/mol. The van der Waals surface area contributed by atoms with Crippen molar-refractivity contribution in [1.29, 1.82) is 0 Å². The predicted octanol–water partition coefficient (Wildman–Crippen LogP) is 3.62. The molecule has 6 nitrogen and oxygen atoms in total. The van der Waals surface area contributed by atoms with Crippen LogP contribution < -0.4 is 0 Å². The Labute approximate surface area is 170 Å². The Morgan fingerprint density at radius 2 is 1.96 bits per heavy atom. The molecule has 1 amide bonds. The Hall–Kier alpha value is -2.34. The van der Waals surface area contributed by atoms with E-state index in [1.165, 1.54) is 5.56 Å². The van der Waals surface area contributed by atoms with Crippen LogP contribution in [-0.2, 0) is 16.1 Å². The Morgan fingerprint density at radius 3 is 2.64 bits per heavy atom. The van der Waals surface area contributed by atoms with Crippen molar-refractivity contribution in [2.45, 2.75) is 40.2 Å². The lowest BCUT2D eigenvalue weighted by Gasteiger charge is -2.30. The van der Waals surface area contributed by atoms with Crippen LogP contribution in [-0.4, -0.2) is 46.3 Å². The number of carbonyl (C=O) groups excluding carboxylic acids is 2. The van der Waals surface area contributed by atoms with Gasteiger partial charge in [-0.05, 0) is 38.2 Å². The Morgan fingerprint density at radius 1 is 1.25 bits per heavy atom. The molecule has 1 saturated heterocycles. The van der Waals surface area contributed by atoms with Gasteiger partial charge in [-0.2, -0.15) is 5.10 Å². The highest BCUT2D eigenvalue weighted by Gasteiger charge is 2.25. The van der Waals surface area contributed by atoms with E-state index in [0.717, 1.165) is 24.9 Å². The second kappa shape index (κ2) is 8.78. The van der Waals surface area contributed by atoms with Gasteiger partial charge in [0.2, 0.25) is 0 Å². The lowest BCUT2D eigenvalue weighted by molar-refractivity contribution is -0.136. The largest absolute Gasteiger partial charge is 0.452 e. The number of aryl methyl sites for hydroxylation is 2. The number of ether oxygens (including phenoxy) is 1. The van der Waals surface area contributed by atoms with E-state index in [1.54, 1.807) is 16.5 Å². The fourth-order valence-corrected chi connectivity index (χ4v) is 3.77. The van der Waals surface area contributed by atoms with E-state index in [4.69, 9.17) is 16.3 Å². The number of halogens is 1. The van der Waals surface area contributed by atoms with E-state index < -0.39 is 5.97 Å². The third kappa shape index (κ3) is 4.73. The minimum absolute atomic E-state index is 0.166. The highest BCUT2D eigenvalue weighted by molar-refractivity contribution is 6.32. The smallest absolute Gasteiger partial charge is 0.343 e. The van der Waals surface area contributed by atoms with Crippen molar-refractivity contribution in [1.82, 2.24) is 14.7 Å². The van der Waals surface area contributed by atoms with Crippen molar-refractivity contribution >= 4 is 23.5 Å². The zero-order chi connectivity index (χ0) is 20.3. The van der Waals surface area contributed by atoms with Crippen molar-refractivity contribution in [3.05, 3.63) is 51.8 Å². The maximum absolute atomic E-state index is 12.5. The van der Waals surface area contributed by atoms with Crippen LogP contribution in [0.1, 0.15) is 46.9 Å². The van der Waals surface area contributed by atoms with Crippen molar-refractivity contribution in [2.75, 3.05) is 19.7 Å². The average molecular weight is 404 g/mol. The first kappa shape index (κ1) is 20.4. The number of nitrogens with zero attached hydrogens (tertiary/aromatic N) is 3. The number of hydrogen-bond donors (Lipinski definition) is 0. The van der Waals surface area contributed by atoms with Gasteiger partial charge in [0.1, 0.15) is 10.7 Å². The highest BCUT2D eigenvalue weighted by Crippen LogP contribution is 2.22. The van der Waals surface area contributed by atoms with Gasteiger partial charge in [-0.15, -0.1) is 0 Å². The van der Waals surface area contributed by atoms with Crippen LogP contribution in [0.4, 0.5) is 0 Å². The van der Waals surface area contributed by atoms with E-state index in [9.17, 15) is 9.59 Å². The van der Waals surface area contributed by atoms with Crippen LogP contribution in [0, 0.1) is 19.8 Å². The van der Waals surface area contributed by atoms with Gasteiger partial charge in [-0.3, -0.25) is 4.79 Å². The minimum Gasteiger partial charge on any atom is -0.452 e. The molecule has 0 N–H and O–H groups in total. The molecule has 2 aromatic rings. The maximum Gasteiger partial charge on any atom is 0.343 e. The summed E-state index contributed by atoms with van der Waals surface area (Å²) in [5, 5.41) is 4.59. The molecule has 1 aliphatic heterocycles. The summed E-state index contributed by atoms with van der Waals surface area (Å²) in [7, 11) is 0. The number of hydrogen-bond acceptors (Lipinski definition) is 4. The molecule has 0 bridgehead atoms. The zero-order valence-corrected chi connectivity index (χ0v) is 17.3. The lowest BCUT2D eigenvalue weighted by Crippen LogP contribution is -2.41. The van der Waals surface area contributed by atoms with Crippen LogP contribution in [0.3, 0.4) is 0 Å². The molecule has 2 heterocycles. The molecule has 0 radical (unpaired) electrons. The molecule has 0 saturated carbocycles. The fraction of sp³-hybridized carbons (Fsp3) is 0.476. The van der Waals surface area contributed by atoms with Crippen molar-refractivity contribution in [3.8, 4) is 0 Å². The number of esters is 1. The van der Waals surface area contributed by atoms with E-state index in [-0.39, 0.29) is 23.2 Å². The van der Waals surface area contributed by atoms with Crippen LogP contribution in [0.25, 0.3) is 0 Å². The first-order chi connectivity index (χ1) is 13.3. The summed E-state index contributed by atoms with van der Waals surface area (Å²) in [5.74, 6) is -0.304. The van der Waals surface area contributed by atoms with Crippen LogP contribution >= 0.6 is 11.6 Å². The van der Waals surface area contributed by atoms with E-state index in [0.29, 0.717) is 24.7 Å². The summed E-state index contributed by atoms with van der Waals surface area (Å²) >= 11 is 6.39. The molecule has 28 heavy (non-hydrogen) atoms. The highest BCUT2D eigenvalue weighted by atomic mass is 35.5. The van der Waals surface area contributed by atoms with E-state index in [1.807, 2.05) is 31.2 Å². The van der Waals surface area contributed by atoms with Gasteiger partial charge in [0.25, 0.3) is 5.91 Å². The molecule has 1 atom stereocenters. The number of carbonyl (C=O) groups is 2. The van der Waals surface area contributed by atoms with Crippen molar-refractivity contribution in [3.63, 3.8) is 0 Å². The molecular weight excluding hydrogens is 378 g/mol. The predicted molar refractivity (Wildman–Crippen MR) is 108 cm³/mol. The van der Waals surface area contributed by atoms with Crippen LogP contribution in [0.5, 0.6) is 0 Å². The minimum atomic E-state index is -0.615. The summed E-state index contributed by atoms with van der Waals surface area (Å²) < 4.78 is 6.83.